The van der Waals surface area contributed by atoms with Crippen LogP contribution < -0.4 is 5.73 Å². The first-order chi connectivity index (χ1) is 8.71. The van der Waals surface area contributed by atoms with E-state index in [0.717, 1.165) is 11.3 Å². The van der Waals surface area contributed by atoms with Crippen molar-refractivity contribution in [3.05, 3.63) is 29.4 Å². The molecule has 4 nitrogen and oxygen atoms in total. The molecule has 19 heavy (non-hydrogen) atoms. The first kappa shape index (κ1) is 14.1. The molecule has 0 bridgehead atoms. The smallest absolute Gasteiger partial charge is 0.400 e. The summed E-state index contributed by atoms with van der Waals surface area (Å²) in [4.78, 5) is 4.22. The van der Waals surface area contributed by atoms with Crippen molar-refractivity contribution in [3.63, 3.8) is 0 Å². The molecule has 1 aromatic heterocycles. The van der Waals surface area contributed by atoms with Gasteiger partial charge in [0, 0.05) is 5.69 Å². The minimum atomic E-state index is -0.332. The Kier molecular flexibility index (Phi) is 3.45. The summed E-state index contributed by atoms with van der Waals surface area (Å²) in [5, 5.41) is 0. The van der Waals surface area contributed by atoms with Gasteiger partial charge in [0.1, 0.15) is 5.82 Å². The maximum absolute atomic E-state index is 5.90. The molecule has 0 radical (unpaired) electrons. The Morgan fingerprint density at radius 3 is 2.26 bits per heavy atom. The van der Waals surface area contributed by atoms with Gasteiger partial charge in [-0.15, -0.1) is 0 Å². The number of hydrogen-bond acceptors (Lipinski definition) is 4. The molecule has 1 aliphatic heterocycles. The van der Waals surface area contributed by atoms with Gasteiger partial charge in [0.2, 0.25) is 0 Å². The molecule has 1 aliphatic rings. The van der Waals surface area contributed by atoms with Gasteiger partial charge in [-0.25, -0.2) is 4.98 Å². The van der Waals surface area contributed by atoms with Gasteiger partial charge in [-0.2, -0.15) is 0 Å². The zero-order valence-corrected chi connectivity index (χ0v) is 12.2. The van der Waals surface area contributed by atoms with Crippen LogP contribution in [-0.4, -0.2) is 23.3 Å². The Hall–Kier alpha value is -1.33. The number of pyridine rings is 1. The Balaban J connectivity index is 2.13. The van der Waals surface area contributed by atoms with Crippen LogP contribution in [0.2, 0.25) is 0 Å². The molecule has 0 unspecified atom stereocenters. The highest BCUT2D eigenvalue weighted by Gasteiger charge is 2.49. The summed E-state index contributed by atoms with van der Waals surface area (Å²) < 4.78 is 11.8. The normalized spacial score (nSPS) is 21.2. The van der Waals surface area contributed by atoms with E-state index < -0.39 is 0 Å². The maximum Gasteiger partial charge on any atom is 0.487 e. The fraction of sp³-hybridized carbons (Fsp3) is 0.500. The van der Waals surface area contributed by atoms with Crippen LogP contribution in [0, 0.1) is 6.92 Å². The molecule has 0 amide bonds. The molecule has 102 valence electrons. The van der Waals surface area contributed by atoms with Crippen LogP contribution in [0.5, 0.6) is 0 Å². The van der Waals surface area contributed by atoms with E-state index in [4.69, 9.17) is 15.0 Å². The average molecular weight is 260 g/mol. The van der Waals surface area contributed by atoms with Crippen LogP contribution in [0.3, 0.4) is 0 Å². The van der Waals surface area contributed by atoms with E-state index in [-0.39, 0.29) is 18.3 Å². The lowest BCUT2D eigenvalue weighted by Gasteiger charge is -2.32. The lowest BCUT2D eigenvalue weighted by molar-refractivity contribution is 0.00578. The van der Waals surface area contributed by atoms with E-state index in [2.05, 4.69) is 4.98 Å². The fourth-order valence-corrected chi connectivity index (χ4v) is 1.92. The topological polar surface area (TPSA) is 57.4 Å². The molecule has 2 rings (SSSR count). The predicted molar refractivity (Wildman–Crippen MR) is 78.5 cm³/mol. The summed E-state index contributed by atoms with van der Waals surface area (Å²) in [6.07, 6.45) is 1.96. The number of hydrogen-bond donors (Lipinski definition) is 1. The van der Waals surface area contributed by atoms with Crippen molar-refractivity contribution in [2.75, 3.05) is 5.73 Å². The van der Waals surface area contributed by atoms with Gasteiger partial charge in [0.15, 0.2) is 0 Å². The largest absolute Gasteiger partial charge is 0.487 e. The van der Waals surface area contributed by atoms with Gasteiger partial charge >= 0.3 is 7.12 Å². The van der Waals surface area contributed by atoms with Gasteiger partial charge in [-0.1, -0.05) is 12.1 Å². The van der Waals surface area contributed by atoms with E-state index in [9.17, 15) is 0 Å². The Labute approximate surface area is 115 Å². The van der Waals surface area contributed by atoms with Gasteiger partial charge in [0.25, 0.3) is 0 Å². The summed E-state index contributed by atoms with van der Waals surface area (Å²) in [6, 6.07) is 3.73. The Bertz CT molecular complexity index is 496. The van der Waals surface area contributed by atoms with Crippen LogP contribution in [0.15, 0.2) is 18.1 Å². The standard InChI is InChI=1S/C14H21BN2O2/c1-10-11(6-7-12(16)17-10)8-9-15-18-13(2,3)14(4,5)19-15/h6-9H,1-5H3,(H2,16,17)/b9-8+. The molecular formula is C14H21BN2O2. The highest BCUT2D eigenvalue weighted by molar-refractivity contribution is 6.52. The second kappa shape index (κ2) is 4.65. The maximum atomic E-state index is 5.90. The zero-order chi connectivity index (χ0) is 14.3. The number of nitrogens with zero attached hydrogens (tertiary/aromatic N) is 1. The Morgan fingerprint density at radius 1 is 1.16 bits per heavy atom. The van der Waals surface area contributed by atoms with E-state index >= 15 is 0 Å². The van der Waals surface area contributed by atoms with Gasteiger partial charge in [0.05, 0.1) is 11.2 Å². The van der Waals surface area contributed by atoms with Crippen LogP contribution in [0.4, 0.5) is 5.82 Å². The van der Waals surface area contributed by atoms with E-state index in [1.165, 1.54) is 0 Å². The minimum absolute atomic E-state index is 0.309. The van der Waals surface area contributed by atoms with E-state index in [1.807, 2.05) is 52.7 Å². The van der Waals surface area contributed by atoms with Crippen molar-refractivity contribution in [3.8, 4) is 0 Å². The summed E-state index contributed by atoms with van der Waals surface area (Å²) in [7, 11) is -0.332. The average Bonchev–Trinajstić information content (AvgIpc) is 2.46. The van der Waals surface area contributed by atoms with Crippen LogP contribution in [-0.2, 0) is 9.31 Å². The zero-order valence-electron chi connectivity index (χ0n) is 12.2. The van der Waals surface area contributed by atoms with Gasteiger partial charge in [-0.05, 0) is 52.3 Å². The molecule has 1 saturated heterocycles. The number of aromatic nitrogens is 1. The summed E-state index contributed by atoms with van der Waals surface area (Å²) in [5.41, 5.74) is 6.93. The number of rotatable bonds is 2. The molecule has 2 N–H and O–H groups in total. The van der Waals surface area contributed by atoms with Crippen molar-refractivity contribution in [2.45, 2.75) is 45.8 Å². The van der Waals surface area contributed by atoms with Crippen molar-refractivity contribution in [1.29, 1.82) is 0 Å². The quantitative estimate of drug-likeness (QED) is 0.830. The second-order valence-corrected chi connectivity index (χ2v) is 5.89. The molecule has 0 aromatic carbocycles. The molecule has 1 aromatic rings. The van der Waals surface area contributed by atoms with Crippen molar-refractivity contribution < 1.29 is 9.31 Å². The first-order valence-corrected chi connectivity index (χ1v) is 6.48. The molecule has 0 spiro atoms. The SMILES string of the molecule is Cc1nc(N)ccc1/C=C/B1OC(C)(C)C(C)(C)O1. The van der Waals surface area contributed by atoms with E-state index in [0.29, 0.717) is 5.82 Å². The first-order valence-electron chi connectivity index (χ1n) is 6.48. The lowest BCUT2D eigenvalue weighted by atomic mass is 9.89. The number of nitrogens with two attached hydrogens (primary N) is 1. The molecule has 0 aliphatic carbocycles. The second-order valence-electron chi connectivity index (χ2n) is 5.89. The molecular weight excluding hydrogens is 239 g/mol. The highest BCUT2D eigenvalue weighted by atomic mass is 16.7. The number of nitrogen functional groups attached to an aromatic ring is 1. The number of anilines is 1. The van der Waals surface area contributed by atoms with Gasteiger partial charge in [-0.3, -0.25) is 0 Å². The third kappa shape index (κ3) is 2.82. The monoisotopic (exact) mass is 260 g/mol. The summed E-state index contributed by atoms with van der Waals surface area (Å²) in [6.45, 7) is 10.1. The van der Waals surface area contributed by atoms with Crippen molar-refractivity contribution in [1.82, 2.24) is 4.98 Å². The van der Waals surface area contributed by atoms with Crippen LogP contribution >= 0.6 is 0 Å². The number of aryl methyl sites for hydroxylation is 1. The van der Waals surface area contributed by atoms with Crippen molar-refractivity contribution in [2.24, 2.45) is 0 Å². The molecule has 2 heterocycles. The van der Waals surface area contributed by atoms with Crippen LogP contribution in [0.1, 0.15) is 39.0 Å². The molecule has 5 heteroatoms. The third-order valence-corrected chi connectivity index (χ3v) is 3.85. The molecule has 1 fully saturated rings. The van der Waals surface area contributed by atoms with E-state index in [1.54, 1.807) is 6.07 Å². The third-order valence-electron chi connectivity index (χ3n) is 3.85. The highest BCUT2D eigenvalue weighted by Crippen LogP contribution is 2.37. The summed E-state index contributed by atoms with van der Waals surface area (Å²) in [5.74, 6) is 2.45. The fourth-order valence-electron chi connectivity index (χ4n) is 1.92. The minimum Gasteiger partial charge on any atom is -0.400 e. The Morgan fingerprint density at radius 2 is 1.74 bits per heavy atom. The molecule has 0 atom stereocenters. The van der Waals surface area contributed by atoms with Gasteiger partial charge < -0.3 is 15.0 Å². The predicted octanol–water partition coefficient (Wildman–Crippen LogP) is 2.62. The van der Waals surface area contributed by atoms with Crippen molar-refractivity contribution >= 4 is 19.0 Å². The molecule has 0 saturated carbocycles. The van der Waals surface area contributed by atoms with Crippen LogP contribution in [0.25, 0.3) is 6.08 Å². The summed E-state index contributed by atoms with van der Waals surface area (Å²) >= 11 is 0. The lowest BCUT2D eigenvalue weighted by Crippen LogP contribution is -2.41.